The molecule has 1 atom stereocenters. The molecule has 0 unspecified atom stereocenters. The average Bonchev–Trinajstić information content (AvgIpc) is 3.00. The van der Waals surface area contributed by atoms with Gasteiger partial charge in [-0.3, -0.25) is 4.79 Å². The minimum Gasteiger partial charge on any atom is -0.508 e. The Labute approximate surface area is 135 Å². The van der Waals surface area contributed by atoms with E-state index in [1.165, 1.54) is 12.0 Å². The molecule has 1 aliphatic rings. The number of amides is 1. The van der Waals surface area contributed by atoms with Gasteiger partial charge in [-0.15, -0.1) is 0 Å². The van der Waals surface area contributed by atoms with Crippen molar-refractivity contribution in [3.8, 4) is 5.75 Å². The van der Waals surface area contributed by atoms with Crippen molar-refractivity contribution >= 4 is 5.91 Å². The molecule has 0 bridgehead atoms. The maximum Gasteiger partial charge on any atom is 0.276 e. The van der Waals surface area contributed by atoms with E-state index in [0.29, 0.717) is 11.5 Å². The lowest BCUT2D eigenvalue weighted by molar-refractivity contribution is 0.0595. The quantitative estimate of drug-likeness (QED) is 0.940. The molecule has 1 aromatic heterocycles. The Hall–Kier alpha value is -2.30. The first-order chi connectivity index (χ1) is 11.1. The van der Waals surface area contributed by atoms with Crippen LogP contribution in [0.1, 0.15) is 47.5 Å². The van der Waals surface area contributed by atoms with E-state index in [0.717, 1.165) is 38.6 Å². The molecule has 23 heavy (non-hydrogen) atoms. The van der Waals surface area contributed by atoms with E-state index in [4.69, 9.17) is 4.42 Å². The summed E-state index contributed by atoms with van der Waals surface area (Å²) < 4.78 is 5.17. The van der Waals surface area contributed by atoms with Crippen LogP contribution in [0.3, 0.4) is 0 Å². The topological polar surface area (TPSA) is 66.6 Å². The molecule has 3 rings (SSSR count). The molecular weight excluding hydrogens is 292 g/mol. The van der Waals surface area contributed by atoms with Crippen molar-refractivity contribution in [2.75, 3.05) is 6.54 Å². The van der Waals surface area contributed by atoms with E-state index in [2.05, 4.69) is 4.98 Å². The zero-order chi connectivity index (χ0) is 16.2. The van der Waals surface area contributed by atoms with Gasteiger partial charge in [0.2, 0.25) is 0 Å². The summed E-state index contributed by atoms with van der Waals surface area (Å²) in [4.78, 5) is 18.7. The average molecular weight is 314 g/mol. The minimum atomic E-state index is -0.0216. The fourth-order valence-electron chi connectivity index (χ4n) is 3.21. The third-order valence-corrected chi connectivity index (χ3v) is 4.54. The van der Waals surface area contributed by atoms with Crippen LogP contribution in [0.2, 0.25) is 0 Å². The van der Waals surface area contributed by atoms with Gasteiger partial charge in [0, 0.05) is 12.6 Å². The number of aromatic nitrogens is 1. The Kier molecular flexibility index (Phi) is 4.65. The number of hydrogen-bond acceptors (Lipinski definition) is 4. The molecular formula is C18H22N2O3. The van der Waals surface area contributed by atoms with E-state index < -0.39 is 0 Å². The molecule has 0 saturated carbocycles. The number of likely N-dealkylation sites (tertiary alicyclic amines) is 1. The SMILES string of the molecule is Cc1ocnc1C(=O)N1CCCC[C@H]1CCc1ccc(O)cc1. The van der Waals surface area contributed by atoms with Crippen molar-refractivity contribution < 1.29 is 14.3 Å². The molecule has 2 heterocycles. The monoisotopic (exact) mass is 314 g/mol. The molecule has 1 aliphatic heterocycles. The van der Waals surface area contributed by atoms with Crippen LogP contribution in [-0.4, -0.2) is 33.5 Å². The van der Waals surface area contributed by atoms with Crippen LogP contribution in [0.4, 0.5) is 0 Å². The lowest BCUT2D eigenvalue weighted by Gasteiger charge is -2.35. The van der Waals surface area contributed by atoms with E-state index in [1.54, 1.807) is 19.1 Å². The molecule has 1 amide bonds. The summed E-state index contributed by atoms with van der Waals surface area (Å²) in [5, 5.41) is 9.35. The number of rotatable bonds is 4. The standard InChI is InChI=1S/C18H22N2O3/c1-13-17(19-12-23-13)18(22)20-11-3-2-4-15(20)8-5-14-6-9-16(21)10-7-14/h6-7,9-10,12,15,21H,2-5,8,11H2,1H3/t15-/m0/s1. The van der Waals surface area contributed by atoms with Crippen molar-refractivity contribution in [3.63, 3.8) is 0 Å². The summed E-state index contributed by atoms with van der Waals surface area (Å²) >= 11 is 0. The van der Waals surface area contributed by atoms with Gasteiger partial charge in [-0.25, -0.2) is 4.98 Å². The number of oxazole rings is 1. The number of phenols is 1. The number of piperidine rings is 1. The number of carbonyl (C=O) groups is 1. The highest BCUT2D eigenvalue weighted by molar-refractivity contribution is 5.93. The third kappa shape index (κ3) is 3.55. The van der Waals surface area contributed by atoms with Gasteiger partial charge in [-0.2, -0.15) is 0 Å². The van der Waals surface area contributed by atoms with Gasteiger partial charge in [0.15, 0.2) is 12.1 Å². The third-order valence-electron chi connectivity index (χ3n) is 4.54. The van der Waals surface area contributed by atoms with Crippen molar-refractivity contribution in [2.45, 2.75) is 45.1 Å². The van der Waals surface area contributed by atoms with Crippen LogP contribution in [0.5, 0.6) is 5.75 Å². The minimum absolute atomic E-state index is 0.0216. The predicted molar refractivity (Wildman–Crippen MR) is 86.3 cm³/mol. The molecule has 5 heteroatoms. The number of aryl methyl sites for hydroxylation is 2. The van der Waals surface area contributed by atoms with Crippen molar-refractivity contribution in [1.29, 1.82) is 0 Å². The molecule has 2 aromatic rings. The molecule has 5 nitrogen and oxygen atoms in total. The van der Waals surface area contributed by atoms with Crippen LogP contribution in [-0.2, 0) is 6.42 Å². The van der Waals surface area contributed by atoms with Gasteiger partial charge >= 0.3 is 0 Å². The normalized spacial score (nSPS) is 18.1. The maximum atomic E-state index is 12.7. The van der Waals surface area contributed by atoms with Crippen molar-refractivity contribution in [3.05, 3.63) is 47.7 Å². The van der Waals surface area contributed by atoms with Gasteiger partial charge in [0.1, 0.15) is 11.5 Å². The molecule has 0 spiro atoms. The van der Waals surface area contributed by atoms with Crippen molar-refractivity contribution in [2.24, 2.45) is 0 Å². The fourth-order valence-corrected chi connectivity index (χ4v) is 3.21. The van der Waals surface area contributed by atoms with Gasteiger partial charge in [-0.05, 0) is 56.7 Å². The smallest absolute Gasteiger partial charge is 0.276 e. The number of benzene rings is 1. The predicted octanol–water partition coefficient (Wildman–Crippen LogP) is 3.32. The summed E-state index contributed by atoms with van der Waals surface area (Å²) in [6.45, 7) is 2.56. The molecule has 0 radical (unpaired) electrons. The Balaban J connectivity index is 1.67. The number of hydrogen-bond donors (Lipinski definition) is 1. The van der Waals surface area contributed by atoms with Gasteiger partial charge in [-0.1, -0.05) is 12.1 Å². The summed E-state index contributed by atoms with van der Waals surface area (Å²) in [6.07, 6.45) is 6.37. The van der Waals surface area contributed by atoms with E-state index in [1.807, 2.05) is 17.0 Å². The molecule has 122 valence electrons. The van der Waals surface area contributed by atoms with Crippen LogP contribution >= 0.6 is 0 Å². The highest BCUT2D eigenvalue weighted by Gasteiger charge is 2.29. The fraction of sp³-hybridized carbons (Fsp3) is 0.444. The van der Waals surface area contributed by atoms with Crippen molar-refractivity contribution in [1.82, 2.24) is 9.88 Å². The first kappa shape index (κ1) is 15.6. The summed E-state index contributed by atoms with van der Waals surface area (Å²) in [6, 6.07) is 7.52. The van der Waals surface area contributed by atoms with E-state index >= 15 is 0 Å². The van der Waals surface area contributed by atoms with E-state index in [9.17, 15) is 9.90 Å². The highest BCUT2D eigenvalue weighted by atomic mass is 16.3. The lowest BCUT2D eigenvalue weighted by atomic mass is 9.95. The second-order valence-electron chi connectivity index (χ2n) is 6.11. The second-order valence-corrected chi connectivity index (χ2v) is 6.11. The zero-order valence-corrected chi connectivity index (χ0v) is 13.4. The van der Waals surface area contributed by atoms with Crippen LogP contribution < -0.4 is 0 Å². The molecule has 1 saturated heterocycles. The largest absolute Gasteiger partial charge is 0.508 e. The van der Waals surface area contributed by atoms with Crippen LogP contribution in [0.25, 0.3) is 0 Å². The second kappa shape index (κ2) is 6.86. The number of carbonyl (C=O) groups excluding carboxylic acids is 1. The van der Waals surface area contributed by atoms with Gasteiger partial charge in [0.05, 0.1) is 0 Å². The van der Waals surface area contributed by atoms with Crippen LogP contribution in [0.15, 0.2) is 35.1 Å². The summed E-state index contributed by atoms with van der Waals surface area (Å²) in [5.74, 6) is 0.842. The summed E-state index contributed by atoms with van der Waals surface area (Å²) in [5.41, 5.74) is 1.61. The van der Waals surface area contributed by atoms with Gasteiger partial charge in [0.25, 0.3) is 5.91 Å². The Morgan fingerprint density at radius 2 is 2.13 bits per heavy atom. The molecule has 1 N–H and O–H groups in total. The van der Waals surface area contributed by atoms with Gasteiger partial charge < -0.3 is 14.4 Å². The summed E-state index contributed by atoms with van der Waals surface area (Å²) in [7, 11) is 0. The maximum absolute atomic E-state index is 12.7. The Morgan fingerprint density at radius 3 is 2.83 bits per heavy atom. The molecule has 1 aromatic carbocycles. The first-order valence-electron chi connectivity index (χ1n) is 8.14. The molecule has 1 fully saturated rings. The first-order valence-corrected chi connectivity index (χ1v) is 8.14. The Bertz CT molecular complexity index is 663. The number of aromatic hydroxyl groups is 1. The Morgan fingerprint density at radius 1 is 1.35 bits per heavy atom. The number of phenolic OH excluding ortho intramolecular Hbond substituents is 1. The lowest BCUT2D eigenvalue weighted by Crippen LogP contribution is -2.44. The highest BCUT2D eigenvalue weighted by Crippen LogP contribution is 2.24. The zero-order valence-electron chi connectivity index (χ0n) is 13.4. The van der Waals surface area contributed by atoms with Crippen LogP contribution in [0, 0.1) is 6.92 Å². The number of nitrogens with zero attached hydrogens (tertiary/aromatic N) is 2. The van der Waals surface area contributed by atoms with E-state index in [-0.39, 0.29) is 17.7 Å². The molecule has 0 aliphatic carbocycles.